The Kier molecular flexibility index (Phi) is 6.21. The molecule has 1 unspecified atom stereocenters. The Balaban J connectivity index is 2.75. The van der Waals surface area contributed by atoms with Gasteiger partial charge in [-0.25, -0.2) is 0 Å². The van der Waals surface area contributed by atoms with Crippen molar-refractivity contribution in [1.29, 1.82) is 10.5 Å². The van der Waals surface area contributed by atoms with Gasteiger partial charge >= 0.3 is 0 Å². The number of ether oxygens (including phenoxy) is 4. The van der Waals surface area contributed by atoms with Crippen molar-refractivity contribution < 1.29 is 18.9 Å². The molecule has 0 aliphatic heterocycles. The molecular formula is C18H24N2O4S. The zero-order valence-corrected chi connectivity index (χ0v) is 15.9. The van der Waals surface area contributed by atoms with E-state index in [1.807, 2.05) is 31.4 Å². The first-order valence-corrected chi connectivity index (χ1v) is 9.39. The van der Waals surface area contributed by atoms with Gasteiger partial charge in [-0.1, -0.05) is 6.07 Å². The van der Waals surface area contributed by atoms with E-state index in [-0.39, 0.29) is 13.2 Å². The number of nitriles is 2. The van der Waals surface area contributed by atoms with E-state index in [1.54, 1.807) is 13.8 Å². The minimum absolute atomic E-state index is 0.254. The molecule has 25 heavy (non-hydrogen) atoms. The smallest absolute Gasteiger partial charge is 0.258 e. The zero-order chi connectivity index (χ0) is 18.6. The Hall–Kier alpha value is -1.48. The first-order chi connectivity index (χ1) is 12.1. The normalized spacial score (nSPS) is 22.6. The standard InChI is InChI=1S/C18H24N2O4S/c1-5-21-17(22-6-2)15(14-10-9-11-25-14)16(12-19,13-20)18(17,23-7-3)24-8-4/h9-11,15H,5-8H2,1-4H3. The van der Waals surface area contributed by atoms with Crippen LogP contribution >= 0.6 is 11.3 Å². The molecule has 1 aromatic rings. The number of thiophene rings is 1. The summed E-state index contributed by atoms with van der Waals surface area (Å²) in [5, 5.41) is 22.0. The molecule has 0 N–H and O–H groups in total. The minimum atomic E-state index is -1.62. The molecule has 1 atom stereocenters. The van der Waals surface area contributed by atoms with Crippen LogP contribution in [0.25, 0.3) is 0 Å². The van der Waals surface area contributed by atoms with E-state index in [1.165, 1.54) is 11.3 Å². The molecule has 1 heterocycles. The van der Waals surface area contributed by atoms with Gasteiger partial charge in [0.15, 0.2) is 0 Å². The molecule has 2 rings (SSSR count). The molecule has 6 nitrogen and oxygen atoms in total. The van der Waals surface area contributed by atoms with Crippen LogP contribution in [0.15, 0.2) is 17.5 Å². The van der Waals surface area contributed by atoms with Gasteiger partial charge < -0.3 is 18.9 Å². The van der Waals surface area contributed by atoms with Crippen molar-refractivity contribution in [3.63, 3.8) is 0 Å². The SMILES string of the molecule is CCOC1(OCC)C(c2cccs2)C(C#N)(C#N)C1(OCC)OCC. The fourth-order valence-electron chi connectivity index (χ4n) is 3.72. The molecule has 1 aliphatic rings. The number of hydrogen-bond acceptors (Lipinski definition) is 7. The van der Waals surface area contributed by atoms with E-state index in [9.17, 15) is 10.5 Å². The molecule has 1 aromatic heterocycles. The van der Waals surface area contributed by atoms with Crippen molar-refractivity contribution in [3.05, 3.63) is 22.4 Å². The third-order valence-electron chi connectivity index (χ3n) is 4.38. The van der Waals surface area contributed by atoms with Crippen molar-refractivity contribution in [2.45, 2.75) is 45.2 Å². The monoisotopic (exact) mass is 364 g/mol. The van der Waals surface area contributed by atoms with Crippen molar-refractivity contribution >= 4 is 11.3 Å². The molecule has 136 valence electrons. The van der Waals surface area contributed by atoms with Crippen molar-refractivity contribution in [3.8, 4) is 12.1 Å². The summed E-state index contributed by atoms with van der Waals surface area (Å²) in [7, 11) is 0. The summed E-state index contributed by atoms with van der Waals surface area (Å²) in [6, 6.07) is 8.10. The van der Waals surface area contributed by atoms with Gasteiger partial charge in [-0.05, 0) is 39.1 Å². The van der Waals surface area contributed by atoms with Crippen LogP contribution in [-0.4, -0.2) is 38.0 Å². The number of hydrogen-bond donors (Lipinski definition) is 0. The predicted octanol–water partition coefficient (Wildman–Crippen LogP) is 3.42. The van der Waals surface area contributed by atoms with E-state index in [4.69, 9.17) is 18.9 Å². The predicted molar refractivity (Wildman–Crippen MR) is 92.7 cm³/mol. The fraction of sp³-hybridized carbons (Fsp3) is 0.667. The van der Waals surface area contributed by atoms with Crippen LogP contribution in [0.2, 0.25) is 0 Å². The highest BCUT2D eigenvalue weighted by Crippen LogP contribution is 2.70. The Morgan fingerprint density at radius 2 is 1.48 bits per heavy atom. The summed E-state index contributed by atoms with van der Waals surface area (Å²) in [6.45, 7) is 8.44. The average molecular weight is 364 g/mol. The molecule has 1 saturated carbocycles. The summed E-state index contributed by atoms with van der Waals surface area (Å²) in [6.07, 6.45) is 0. The maximum atomic E-state index is 10.0. The summed E-state index contributed by atoms with van der Waals surface area (Å²) < 4.78 is 24.0. The number of nitrogens with zero attached hydrogens (tertiary/aromatic N) is 2. The van der Waals surface area contributed by atoms with Crippen LogP contribution in [0.4, 0.5) is 0 Å². The molecule has 0 radical (unpaired) electrons. The van der Waals surface area contributed by atoms with E-state index in [2.05, 4.69) is 12.1 Å². The number of rotatable bonds is 9. The Morgan fingerprint density at radius 3 is 1.84 bits per heavy atom. The van der Waals surface area contributed by atoms with Crippen molar-refractivity contribution in [2.24, 2.45) is 5.41 Å². The first kappa shape index (κ1) is 19.8. The van der Waals surface area contributed by atoms with Gasteiger partial charge in [-0.2, -0.15) is 10.5 Å². The van der Waals surface area contributed by atoms with Crippen LogP contribution in [0.1, 0.15) is 38.5 Å². The molecule has 1 aliphatic carbocycles. The first-order valence-electron chi connectivity index (χ1n) is 8.51. The lowest BCUT2D eigenvalue weighted by molar-refractivity contribution is -0.496. The summed E-state index contributed by atoms with van der Waals surface area (Å²) in [5.74, 6) is -3.61. The van der Waals surface area contributed by atoms with Crippen LogP contribution < -0.4 is 0 Å². The summed E-state index contributed by atoms with van der Waals surface area (Å²) >= 11 is 1.46. The summed E-state index contributed by atoms with van der Waals surface area (Å²) in [4.78, 5) is 0.833. The lowest BCUT2D eigenvalue weighted by Crippen LogP contribution is -2.83. The van der Waals surface area contributed by atoms with Gasteiger partial charge in [0.05, 0.1) is 18.1 Å². The van der Waals surface area contributed by atoms with Gasteiger partial charge in [0, 0.05) is 31.3 Å². The van der Waals surface area contributed by atoms with Gasteiger partial charge in [0.1, 0.15) is 0 Å². The van der Waals surface area contributed by atoms with Crippen LogP contribution in [0, 0.1) is 28.1 Å². The summed E-state index contributed by atoms with van der Waals surface area (Å²) in [5.41, 5.74) is -1.58. The van der Waals surface area contributed by atoms with E-state index in [0.29, 0.717) is 13.2 Å². The van der Waals surface area contributed by atoms with Crippen molar-refractivity contribution in [1.82, 2.24) is 0 Å². The molecule has 0 spiro atoms. The van der Waals surface area contributed by atoms with E-state index >= 15 is 0 Å². The van der Waals surface area contributed by atoms with E-state index in [0.717, 1.165) is 4.88 Å². The van der Waals surface area contributed by atoms with E-state index < -0.39 is 22.9 Å². The van der Waals surface area contributed by atoms with Crippen molar-refractivity contribution in [2.75, 3.05) is 26.4 Å². The second-order valence-electron chi connectivity index (χ2n) is 5.50. The largest absolute Gasteiger partial charge is 0.345 e. The fourth-order valence-corrected chi connectivity index (χ4v) is 4.66. The molecule has 1 fully saturated rings. The highest BCUT2D eigenvalue weighted by atomic mass is 32.1. The quantitative estimate of drug-likeness (QED) is 0.624. The molecule has 0 saturated heterocycles. The average Bonchev–Trinajstić information content (AvgIpc) is 3.12. The second-order valence-corrected chi connectivity index (χ2v) is 6.48. The maximum Gasteiger partial charge on any atom is 0.258 e. The Bertz CT molecular complexity index is 621. The lowest BCUT2D eigenvalue weighted by atomic mass is 9.51. The molecular weight excluding hydrogens is 340 g/mol. The third-order valence-corrected chi connectivity index (χ3v) is 5.32. The topological polar surface area (TPSA) is 84.5 Å². The zero-order valence-electron chi connectivity index (χ0n) is 15.1. The Labute approximate surface area is 152 Å². The second kappa shape index (κ2) is 7.82. The van der Waals surface area contributed by atoms with Gasteiger partial charge in [0.2, 0.25) is 11.2 Å². The third kappa shape index (κ3) is 2.51. The molecule has 7 heteroatoms. The molecule has 0 bridgehead atoms. The molecule has 0 aromatic carbocycles. The maximum absolute atomic E-state index is 10.0. The van der Waals surface area contributed by atoms with Crippen LogP contribution in [0.3, 0.4) is 0 Å². The van der Waals surface area contributed by atoms with Gasteiger partial charge in [0.25, 0.3) is 5.79 Å². The highest BCUT2D eigenvalue weighted by molar-refractivity contribution is 7.10. The highest BCUT2D eigenvalue weighted by Gasteiger charge is 2.87. The van der Waals surface area contributed by atoms with Crippen LogP contribution in [-0.2, 0) is 18.9 Å². The molecule has 0 amide bonds. The van der Waals surface area contributed by atoms with Crippen LogP contribution in [0.5, 0.6) is 0 Å². The minimum Gasteiger partial charge on any atom is -0.345 e. The Morgan fingerprint density at radius 1 is 0.960 bits per heavy atom. The van der Waals surface area contributed by atoms with Gasteiger partial charge in [-0.15, -0.1) is 11.3 Å². The lowest BCUT2D eigenvalue weighted by Gasteiger charge is -2.66. The van der Waals surface area contributed by atoms with Gasteiger partial charge in [-0.3, -0.25) is 0 Å².